The molecule has 6 heteroatoms. The summed E-state index contributed by atoms with van der Waals surface area (Å²) in [5, 5.41) is 2.89. The second-order valence-electron chi connectivity index (χ2n) is 6.11. The Kier molecular flexibility index (Phi) is 5.38. The quantitative estimate of drug-likeness (QED) is 0.909. The van der Waals surface area contributed by atoms with Gasteiger partial charge in [-0.3, -0.25) is 4.98 Å². The van der Waals surface area contributed by atoms with E-state index in [0.29, 0.717) is 13.1 Å². The highest BCUT2D eigenvalue weighted by Crippen LogP contribution is 2.32. The lowest BCUT2D eigenvalue weighted by atomic mass is 10.2. The van der Waals surface area contributed by atoms with E-state index in [0.717, 1.165) is 30.2 Å². The average molecular weight is 340 g/mol. The number of fused-ring (bicyclic) bond motifs is 1. The first-order chi connectivity index (χ1) is 12.2. The van der Waals surface area contributed by atoms with Gasteiger partial charge < -0.3 is 19.9 Å². The molecule has 1 unspecified atom stereocenters. The van der Waals surface area contributed by atoms with Gasteiger partial charge in [0.05, 0.1) is 31.0 Å². The van der Waals surface area contributed by atoms with E-state index in [9.17, 15) is 4.79 Å². The normalized spacial score (nSPS) is 15.9. The molecule has 0 spiro atoms. The number of urea groups is 1. The van der Waals surface area contributed by atoms with Crippen LogP contribution in [0, 0.1) is 0 Å². The molecule has 3 rings (SSSR count). The number of aromatic nitrogens is 1. The summed E-state index contributed by atoms with van der Waals surface area (Å²) in [4.78, 5) is 20.5. The van der Waals surface area contributed by atoms with Crippen LogP contribution in [-0.4, -0.2) is 48.7 Å². The minimum Gasteiger partial charge on any atom is -0.485 e. The Balaban J connectivity index is 1.56. The zero-order valence-electron chi connectivity index (χ0n) is 14.7. The number of rotatable bonds is 5. The molecule has 0 saturated heterocycles. The number of hydrogen-bond acceptors (Lipinski definition) is 4. The van der Waals surface area contributed by atoms with Gasteiger partial charge in [-0.1, -0.05) is 18.2 Å². The van der Waals surface area contributed by atoms with Gasteiger partial charge in [0.25, 0.3) is 0 Å². The number of amides is 2. The number of hydrogen-bond donors (Lipinski definition) is 1. The third kappa shape index (κ3) is 4.21. The molecule has 0 saturated carbocycles. The molecule has 132 valence electrons. The monoisotopic (exact) mass is 340 g/mol. The van der Waals surface area contributed by atoms with Gasteiger partial charge in [-0.25, -0.2) is 4.79 Å². The minimum absolute atomic E-state index is 0.0551. The molecule has 1 N–H and O–H groups in total. The van der Waals surface area contributed by atoms with Crippen LogP contribution in [-0.2, 0) is 6.54 Å². The van der Waals surface area contributed by atoms with Crippen LogP contribution in [0.25, 0.3) is 0 Å². The predicted molar refractivity (Wildman–Crippen MR) is 97.8 cm³/mol. The van der Waals surface area contributed by atoms with Crippen LogP contribution >= 0.6 is 0 Å². The summed E-state index contributed by atoms with van der Waals surface area (Å²) in [5.74, 6) is 0.878. The molecular formula is C19H24N4O2. The third-order valence-corrected chi connectivity index (χ3v) is 4.28. The van der Waals surface area contributed by atoms with Crippen LogP contribution in [0.1, 0.15) is 12.6 Å². The Morgan fingerprint density at radius 1 is 1.32 bits per heavy atom. The molecule has 1 aliphatic rings. The number of nitrogens with zero attached hydrogens (tertiary/aromatic N) is 3. The van der Waals surface area contributed by atoms with Crippen LogP contribution in [0.2, 0.25) is 0 Å². The van der Waals surface area contributed by atoms with E-state index in [1.54, 1.807) is 18.1 Å². The molecule has 2 heterocycles. The first kappa shape index (κ1) is 17.1. The van der Waals surface area contributed by atoms with Crippen molar-refractivity contribution in [1.29, 1.82) is 0 Å². The van der Waals surface area contributed by atoms with Crippen molar-refractivity contribution < 1.29 is 9.53 Å². The van der Waals surface area contributed by atoms with E-state index >= 15 is 0 Å². The number of para-hydroxylation sites is 2. The van der Waals surface area contributed by atoms with Gasteiger partial charge in [-0.2, -0.15) is 0 Å². The van der Waals surface area contributed by atoms with E-state index in [1.807, 2.05) is 36.4 Å². The van der Waals surface area contributed by atoms with E-state index in [-0.39, 0.29) is 12.1 Å². The Morgan fingerprint density at radius 3 is 2.88 bits per heavy atom. The van der Waals surface area contributed by atoms with E-state index < -0.39 is 0 Å². The molecule has 0 aliphatic carbocycles. The molecule has 1 atom stereocenters. The van der Waals surface area contributed by atoms with Gasteiger partial charge >= 0.3 is 6.03 Å². The van der Waals surface area contributed by atoms with E-state index in [2.05, 4.69) is 28.2 Å². The van der Waals surface area contributed by atoms with Crippen molar-refractivity contribution in [2.75, 3.05) is 31.6 Å². The fraction of sp³-hybridized carbons (Fsp3) is 0.368. The fourth-order valence-corrected chi connectivity index (χ4v) is 2.97. The number of ether oxygens (including phenoxy) is 1. The highest BCUT2D eigenvalue weighted by atomic mass is 16.5. The summed E-state index contributed by atoms with van der Waals surface area (Å²) in [7, 11) is 1.79. The maximum absolute atomic E-state index is 12.3. The molecule has 25 heavy (non-hydrogen) atoms. The number of pyridine rings is 1. The summed E-state index contributed by atoms with van der Waals surface area (Å²) in [6, 6.07) is 13.6. The van der Waals surface area contributed by atoms with Crippen molar-refractivity contribution in [3.05, 3.63) is 54.4 Å². The first-order valence-corrected chi connectivity index (χ1v) is 8.57. The summed E-state index contributed by atoms with van der Waals surface area (Å²) in [5.41, 5.74) is 1.95. The van der Waals surface area contributed by atoms with Crippen LogP contribution in [0.3, 0.4) is 0 Å². The zero-order chi connectivity index (χ0) is 17.6. The molecule has 6 nitrogen and oxygen atoms in total. The summed E-state index contributed by atoms with van der Waals surface area (Å²) < 4.78 is 6.07. The Bertz CT molecular complexity index is 708. The van der Waals surface area contributed by atoms with Crippen LogP contribution < -0.4 is 15.0 Å². The maximum atomic E-state index is 12.3. The van der Waals surface area contributed by atoms with Gasteiger partial charge in [0.15, 0.2) is 0 Å². The van der Waals surface area contributed by atoms with Crippen molar-refractivity contribution in [3.8, 4) is 5.75 Å². The lowest BCUT2D eigenvalue weighted by Gasteiger charge is -2.37. The van der Waals surface area contributed by atoms with Crippen LogP contribution in [0.5, 0.6) is 5.75 Å². The fourth-order valence-electron chi connectivity index (χ4n) is 2.97. The van der Waals surface area contributed by atoms with Crippen LogP contribution in [0.4, 0.5) is 10.5 Å². The highest BCUT2D eigenvalue weighted by molar-refractivity contribution is 5.73. The topological polar surface area (TPSA) is 57.7 Å². The van der Waals surface area contributed by atoms with Crippen molar-refractivity contribution in [2.45, 2.75) is 19.6 Å². The maximum Gasteiger partial charge on any atom is 0.317 e. The standard InChI is InChI=1S/C19H24N4O2/c1-3-23-14-16(25-18-10-5-4-9-17(18)23)13-22(2)19(24)21-12-15-8-6-7-11-20-15/h4-11,16H,3,12-14H2,1-2H3,(H,21,24). The molecule has 1 aromatic heterocycles. The first-order valence-electron chi connectivity index (χ1n) is 8.57. The minimum atomic E-state index is -0.129. The van der Waals surface area contributed by atoms with Gasteiger partial charge in [-0.15, -0.1) is 0 Å². The van der Waals surface area contributed by atoms with Gasteiger partial charge in [0.2, 0.25) is 0 Å². The lowest BCUT2D eigenvalue weighted by Crippen LogP contribution is -2.48. The second-order valence-corrected chi connectivity index (χ2v) is 6.11. The second kappa shape index (κ2) is 7.88. The molecule has 0 fully saturated rings. The zero-order valence-corrected chi connectivity index (χ0v) is 14.7. The van der Waals surface area contributed by atoms with Gasteiger partial charge in [0, 0.05) is 19.8 Å². The largest absolute Gasteiger partial charge is 0.485 e. The Hall–Kier alpha value is -2.76. The van der Waals surface area contributed by atoms with Crippen LogP contribution in [0.15, 0.2) is 48.7 Å². The molecule has 2 amide bonds. The predicted octanol–water partition coefficient (Wildman–Crippen LogP) is 2.51. The molecule has 1 aromatic carbocycles. The summed E-state index contributed by atoms with van der Waals surface area (Å²) in [6.07, 6.45) is 1.66. The van der Waals surface area contributed by atoms with E-state index in [1.165, 1.54) is 0 Å². The number of nitrogens with one attached hydrogen (secondary N) is 1. The third-order valence-electron chi connectivity index (χ3n) is 4.28. The van der Waals surface area contributed by atoms with Crippen molar-refractivity contribution >= 4 is 11.7 Å². The molecular weight excluding hydrogens is 316 g/mol. The van der Waals surface area contributed by atoms with Gasteiger partial charge in [0.1, 0.15) is 11.9 Å². The van der Waals surface area contributed by atoms with Gasteiger partial charge in [-0.05, 0) is 31.2 Å². The highest BCUT2D eigenvalue weighted by Gasteiger charge is 2.26. The van der Waals surface area contributed by atoms with Crippen molar-refractivity contribution in [2.24, 2.45) is 0 Å². The average Bonchev–Trinajstić information content (AvgIpc) is 2.66. The van der Waals surface area contributed by atoms with E-state index in [4.69, 9.17) is 4.74 Å². The molecule has 2 aromatic rings. The molecule has 0 bridgehead atoms. The number of benzene rings is 1. The Labute approximate surface area is 148 Å². The Morgan fingerprint density at radius 2 is 2.12 bits per heavy atom. The lowest BCUT2D eigenvalue weighted by molar-refractivity contribution is 0.145. The SMILES string of the molecule is CCN1CC(CN(C)C(=O)NCc2ccccn2)Oc2ccccc21. The summed E-state index contributed by atoms with van der Waals surface area (Å²) >= 11 is 0. The number of carbonyl (C=O) groups is 1. The number of likely N-dealkylation sites (N-methyl/N-ethyl adjacent to an activating group) is 2. The number of anilines is 1. The molecule has 1 aliphatic heterocycles. The number of carbonyl (C=O) groups excluding carboxylic acids is 1. The van der Waals surface area contributed by atoms with Crippen molar-refractivity contribution in [1.82, 2.24) is 15.2 Å². The summed E-state index contributed by atoms with van der Waals surface area (Å²) in [6.45, 7) is 4.75. The smallest absolute Gasteiger partial charge is 0.317 e. The molecule has 0 radical (unpaired) electrons. The van der Waals surface area contributed by atoms with Crippen molar-refractivity contribution in [3.63, 3.8) is 0 Å².